The second-order valence-electron chi connectivity index (χ2n) is 7.41. The first-order valence-corrected chi connectivity index (χ1v) is 10.5. The fourth-order valence-corrected chi connectivity index (χ4v) is 4.71. The largest absolute Gasteiger partial charge is 0.343 e. The summed E-state index contributed by atoms with van der Waals surface area (Å²) in [6, 6.07) is 10.2. The molecule has 0 fully saturated rings. The third kappa shape index (κ3) is 2.98. The summed E-state index contributed by atoms with van der Waals surface area (Å²) in [6.45, 7) is 6.24. The van der Waals surface area contributed by atoms with Crippen LogP contribution in [0.2, 0.25) is 0 Å². The molecular weight excluding hydrogens is 416 g/mol. The van der Waals surface area contributed by atoms with Crippen molar-refractivity contribution in [2.45, 2.75) is 46.1 Å². The number of nitrogens with one attached hydrogen (secondary N) is 1. The van der Waals surface area contributed by atoms with Crippen LogP contribution >= 0.6 is 15.9 Å². The fraction of sp³-hybridized carbons (Fsp3) is 0.304. The number of halogens is 1. The molecule has 0 unspecified atom stereocenters. The lowest BCUT2D eigenvalue weighted by molar-refractivity contribution is 0.102. The second kappa shape index (κ2) is 7.21. The summed E-state index contributed by atoms with van der Waals surface area (Å²) in [5.74, 6) is -0.341. The number of rotatable bonds is 4. The van der Waals surface area contributed by atoms with Crippen LogP contribution in [0.1, 0.15) is 53.9 Å². The van der Waals surface area contributed by atoms with Crippen LogP contribution in [0, 0.1) is 0 Å². The van der Waals surface area contributed by atoms with E-state index in [9.17, 15) is 9.59 Å². The molecule has 0 radical (unpaired) electrons. The molecule has 28 heavy (non-hydrogen) atoms. The number of amides is 1. The monoisotopic (exact) mass is 438 g/mol. The zero-order valence-corrected chi connectivity index (χ0v) is 17.9. The van der Waals surface area contributed by atoms with E-state index < -0.39 is 0 Å². The van der Waals surface area contributed by atoms with Crippen LogP contribution < -0.4 is 10.7 Å². The lowest BCUT2D eigenvalue weighted by Crippen LogP contribution is -2.24. The molecule has 4 nitrogen and oxygen atoms in total. The van der Waals surface area contributed by atoms with Gasteiger partial charge in [0.05, 0.1) is 5.52 Å². The van der Waals surface area contributed by atoms with Crippen molar-refractivity contribution in [2.24, 2.45) is 0 Å². The first-order valence-electron chi connectivity index (χ1n) is 9.74. The van der Waals surface area contributed by atoms with Crippen molar-refractivity contribution in [2.75, 3.05) is 5.32 Å². The van der Waals surface area contributed by atoms with E-state index in [0.29, 0.717) is 5.39 Å². The number of hydrogen-bond acceptors (Lipinski definition) is 2. The van der Waals surface area contributed by atoms with E-state index in [0.717, 1.165) is 51.6 Å². The van der Waals surface area contributed by atoms with Crippen molar-refractivity contribution in [1.29, 1.82) is 0 Å². The van der Waals surface area contributed by atoms with Crippen LogP contribution in [0.5, 0.6) is 0 Å². The highest BCUT2D eigenvalue weighted by atomic mass is 79.9. The van der Waals surface area contributed by atoms with Gasteiger partial charge in [-0.1, -0.05) is 48.0 Å². The molecule has 2 aromatic carbocycles. The number of pyridine rings is 1. The molecule has 1 aliphatic heterocycles. The van der Waals surface area contributed by atoms with Gasteiger partial charge in [-0.15, -0.1) is 0 Å². The Labute approximate surface area is 172 Å². The zero-order valence-electron chi connectivity index (χ0n) is 16.3. The number of aryl methyl sites for hydroxylation is 2. The molecule has 0 spiro atoms. The van der Waals surface area contributed by atoms with Gasteiger partial charge in [-0.2, -0.15) is 0 Å². The zero-order chi connectivity index (χ0) is 20.0. The van der Waals surface area contributed by atoms with Crippen LogP contribution in [-0.4, -0.2) is 10.5 Å². The molecule has 0 saturated carbocycles. The number of anilines is 1. The topological polar surface area (TPSA) is 51.1 Å². The Hall–Kier alpha value is -2.40. The third-order valence-electron chi connectivity index (χ3n) is 5.64. The standard InChI is InChI=1S/C23H23BrN2O2/c1-4-14-7-6-8-15(5-2)20(14)25-23(28)19-12-26-13(3)9-16-10-17(24)11-18(21(16)26)22(19)27/h6-8,10-13H,4-5,9H2,1-3H3,(H,25,28)/t13-/m1/s1. The highest BCUT2D eigenvalue weighted by Gasteiger charge is 2.25. The number of para-hydroxylation sites is 1. The molecule has 0 saturated heterocycles. The number of aromatic nitrogens is 1. The van der Waals surface area contributed by atoms with Gasteiger partial charge in [-0.05, 0) is 55.0 Å². The van der Waals surface area contributed by atoms with Gasteiger partial charge in [0.2, 0.25) is 5.43 Å². The molecule has 0 aliphatic carbocycles. The van der Waals surface area contributed by atoms with E-state index in [1.807, 2.05) is 24.3 Å². The molecule has 2 heterocycles. The van der Waals surface area contributed by atoms with Crippen molar-refractivity contribution < 1.29 is 4.79 Å². The maximum atomic E-state index is 13.2. The Morgan fingerprint density at radius 3 is 2.54 bits per heavy atom. The Balaban J connectivity index is 1.85. The van der Waals surface area contributed by atoms with Crippen molar-refractivity contribution in [3.63, 3.8) is 0 Å². The molecule has 1 atom stereocenters. The number of carbonyl (C=O) groups excluding carboxylic acids is 1. The molecule has 3 aromatic rings. The van der Waals surface area contributed by atoms with Crippen molar-refractivity contribution in [3.05, 3.63) is 73.5 Å². The normalized spacial score (nSPS) is 15.2. The summed E-state index contributed by atoms with van der Waals surface area (Å²) in [7, 11) is 0. The molecule has 144 valence electrons. The smallest absolute Gasteiger partial charge is 0.261 e. The molecular formula is C23H23BrN2O2. The lowest BCUT2D eigenvalue weighted by Gasteiger charge is -2.16. The van der Waals surface area contributed by atoms with Crippen molar-refractivity contribution >= 4 is 38.4 Å². The molecule has 0 bridgehead atoms. The molecule has 1 aromatic heterocycles. The van der Waals surface area contributed by atoms with Crippen LogP contribution in [0.3, 0.4) is 0 Å². The van der Waals surface area contributed by atoms with Crippen LogP contribution in [0.15, 0.2) is 45.8 Å². The molecule has 1 amide bonds. The molecule has 4 rings (SSSR count). The minimum absolute atomic E-state index is 0.193. The van der Waals surface area contributed by atoms with Crippen LogP contribution in [0.4, 0.5) is 5.69 Å². The Morgan fingerprint density at radius 2 is 1.89 bits per heavy atom. The second-order valence-corrected chi connectivity index (χ2v) is 8.32. The predicted molar refractivity (Wildman–Crippen MR) is 117 cm³/mol. The van der Waals surface area contributed by atoms with Gasteiger partial charge >= 0.3 is 0 Å². The summed E-state index contributed by atoms with van der Waals surface area (Å²) >= 11 is 3.51. The highest BCUT2D eigenvalue weighted by Crippen LogP contribution is 2.33. The van der Waals surface area contributed by atoms with Gasteiger partial charge in [0, 0.05) is 27.8 Å². The Kier molecular flexibility index (Phi) is 4.88. The average molecular weight is 439 g/mol. The van der Waals surface area contributed by atoms with Gasteiger partial charge in [0.15, 0.2) is 0 Å². The minimum Gasteiger partial charge on any atom is -0.343 e. The number of carbonyl (C=O) groups is 1. The maximum absolute atomic E-state index is 13.2. The van der Waals surface area contributed by atoms with Gasteiger partial charge in [-0.3, -0.25) is 9.59 Å². The summed E-state index contributed by atoms with van der Waals surface area (Å²) in [6.07, 6.45) is 4.23. The summed E-state index contributed by atoms with van der Waals surface area (Å²) in [5, 5.41) is 3.63. The third-order valence-corrected chi connectivity index (χ3v) is 6.10. The fourth-order valence-electron chi connectivity index (χ4n) is 4.21. The van der Waals surface area contributed by atoms with Gasteiger partial charge in [-0.25, -0.2) is 0 Å². The summed E-state index contributed by atoms with van der Waals surface area (Å²) in [5.41, 5.74) is 5.06. The van der Waals surface area contributed by atoms with Gasteiger partial charge in [0.25, 0.3) is 5.91 Å². The first kappa shape index (κ1) is 18.9. The molecule has 1 aliphatic rings. The summed E-state index contributed by atoms with van der Waals surface area (Å²) < 4.78 is 2.94. The Morgan fingerprint density at radius 1 is 1.21 bits per heavy atom. The van der Waals surface area contributed by atoms with E-state index in [4.69, 9.17) is 0 Å². The number of hydrogen-bond donors (Lipinski definition) is 1. The lowest BCUT2D eigenvalue weighted by atomic mass is 10.0. The van der Waals surface area contributed by atoms with Gasteiger partial charge < -0.3 is 9.88 Å². The maximum Gasteiger partial charge on any atom is 0.261 e. The summed E-state index contributed by atoms with van der Waals surface area (Å²) in [4.78, 5) is 26.3. The SMILES string of the molecule is CCc1cccc(CC)c1NC(=O)c1cn2c3c(cc(Br)cc3c1=O)C[C@H]2C. The minimum atomic E-state index is -0.341. The van der Waals surface area contributed by atoms with Crippen LogP contribution in [0.25, 0.3) is 10.9 Å². The highest BCUT2D eigenvalue weighted by molar-refractivity contribution is 9.10. The quantitative estimate of drug-likeness (QED) is 0.603. The van der Waals surface area contributed by atoms with Gasteiger partial charge in [0.1, 0.15) is 5.56 Å². The number of nitrogens with zero attached hydrogens (tertiary/aromatic N) is 1. The van der Waals surface area contributed by atoms with Crippen molar-refractivity contribution in [3.8, 4) is 0 Å². The van der Waals surface area contributed by atoms with Crippen LogP contribution in [-0.2, 0) is 19.3 Å². The van der Waals surface area contributed by atoms with E-state index in [1.54, 1.807) is 6.20 Å². The first-order chi connectivity index (χ1) is 13.4. The van der Waals surface area contributed by atoms with E-state index in [2.05, 4.69) is 52.7 Å². The predicted octanol–water partition coefficient (Wildman–Crippen LogP) is 5.26. The van der Waals surface area contributed by atoms with E-state index in [1.165, 1.54) is 0 Å². The number of benzene rings is 2. The van der Waals surface area contributed by atoms with Crippen molar-refractivity contribution in [1.82, 2.24) is 4.57 Å². The Bertz CT molecular complexity index is 1140. The average Bonchev–Trinajstić information content (AvgIpc) is 2.99. The molecule has 1 N–H and O–H groups in total. The molecule has 5 heteroatoms. The van der Waals surface area contributed by atoms with E-state index >= 15 is 0 Å². The van der Waals surface area contributed by atoms with E-state index in [-0.39, 0.29) is 22.9 Å².